The van der Waals surface area contributed by atoms with E-state index in [-0.39, 0.29) is 30.1 Å². The molecule has 9 heteroatoms. The zero-order valence-corrected chi connectivity index (χ0v) is 17.6. The molecule has 1 aromatic carbocycles. The number of amides is 2. The lowest BCUT2D eigenvalue weighted by Gasteiger charge is -2.29. The summed E-state index contributed by atoms with van der Waals surface area (Å²) in [6.45, 7) is 6.54. The molecule has 4 rings (SSSR count). The number of carbonyl (C=O) groups excluding carboxylic acids is 2. The highest BCUT2D eigenvalue weighted by Crippen LogP contribution is 2.36. The first kappa shape index (κ1) is 20.6. The first-order valence-electron chi connectivity index (χ1n) is 10.2. The lowest BCUT2D eigenvalue weighted by molar-refractivity contribution is -0.121. The van der Waals surface area contributed by atoms with Gasteiger partial charge in [0.2, 0.25) is 11.7 Å². The molecule has 0 radical (unpaired) electrons. The number of anilines is 1. The molecule has 2 aromatic heterocycles. The number of benzene rings is 1. The minimum atomic E-state index is -0.488. The van der Waals surface area contributed by atoms with Gasteiger partial charge in [-0.2, -0.15) is 4.98 Å². The number of hydrogen-bond donors (Lipinski definition) is 1. The molecular formula is C22H24N4O5. The van der Waals surface area contributed by atoms with Gasteiger partial charge in [0.25, 0.3) is 11.8 Å². The van der Waals surface area contributed by atoms with E-state index in [1.54, 1.807) is 23.1 Å². The second-order valence-electron chi connectivity index (χ2n) is 7.65. The summed E-state index contributed by atoms with van der Waals surface area (Å²) in [4.78, 5) is 30.9. The Labute approximate surface area is 179 Å². The van der Waals surface area contributed by atoms with Gasteiger partial charge in [0.15, 0.2) is 12.4 Å². The minimum Gasteiger partial charge on any atom is -0.482 e. The molecule has 0 fully saturated rings. The maximum atomic E-state index is 12.4. The Morgan fingerprint density at radius 3 is 2.84 bits per heavy atom. The predicted octanol–water partition coefficient (Wildman–Crippen LogP) is 3.59. The van der Waals surface area contributed by atoms with Crippen molar-refractivity contribution in [3.8, 4) is 17.1 Å². The highest BCUT2D eigenvalue weighted by molar-refractivity contribution is 5.98. The third-order valence-corrected chi connectivity index (χ3v) is 5.01. The molecule has 31 heavy (non-hydrogen) atoms. The first-order valence-corrected chi connectivity index (χ1v) is 10.2. The Kier molecular flexibility index (Phi) is 5.75. The summed E-state index contributed by atoms with van der Waals surface area (Å²) >= 11 is 0. The van der Waals surface area contributed by atoms with E-state index in [1.807, 2.05) is 32.9 Å². The summed E-state index contributed by atoms with van der Waals surface area (Å²) < 4.78 is 16.2. The summed E-state index contributed by atoms with van der Waals surface area (Å²) in [6.07, 6.45) is 2.27. The maximum absolute atomic E-state index is 12.4. The van der Waals surface area contributed by atoms with Gasteiger partial charge in [-0.1, -0.05) is 25.9 Å². The fourth-order valence-corrected chi connectivity index (χ4v) is 3.42. The van der Waals surface area contributed by atoms with Gasteiger partial charge in [-0.25, -0.2) is 0 Å². The normalized spacial score (nSPS) is 14.3. The van der Waals surface area contributed by atoms with Gasteiger partial charge < -0.3 is 23.9 Å². The molecule has 1 atom stereocenters. The van der Waals surface area contributed by atoms with Gasteiger partial charge in [-0.3, -0.25) is 9.59 Å². The van der Waals surface area contributed by atoms with Crippen molar-refractivity contribution in [2.75, 3.05) is 18.1 Å². The highest BCUT2D eigenvalue weighted by Gasteiger charge is 2.28. The Morgan fingerprint density at radius 2 is 2.13 bits per heavy atom. The highest BCUT2D eigenvalue weighted by atomic mass is 16.5. The van der Waals surface area contributed by atoms with E-state index in [9.17, 15) is 9.59 Å². The van der Waals surface area contributed by atoms with Crippen LogP contribution >= 0.6 is 0 Å². The average molecular weight is 424 g/mol. The summed E-state index contributed by atoms with van der Waals surface area (Å²) in [5, 5.41) is 6.97. The van der Waals surface area contributed by atoms with Crippen LogP contribution in [0.3, 0.4) is 0 Å². The minimum absolute atomic E-state index is 0.00168. The van der Waals surface area contributed by atoms with Crippen LogP contribution in [0.15, 0.2) is 45.5 Å². The summed E-state index contributed by atoms with van der Waals surface area (Å²) in [6, 6.07) is 8.19. The van der Waals surface area contributed by atoms with Gasteiger partial charge in [-0.15, -0.1) is 0 Å². The zero-order chi connectivity index (χ0) is 22.0. The molecule has 3 heterocycles. The number of ether oxygens (including phenoxy) is 1. The zero-order valence-electron chi connectivity index (χ0n) is 17.6. The van der Waals surface area contributed by atoms with Crippen molar-refractivity contribution in [3.63, 3.8) is 0 Å². The fourth-order valence-electron chi connectivity index (χ4n) is 3.42. The SMILES string of the molecule is CCCN1C(=O)COc2ccc(-c3noc(C(NC(=O)c4ccco4)C(C)C)n3)cc21. The van der Waals surface area contributed by atoms with Crippen LogP contribution in [-0.4, -0.2) is 35.1 Å². The molecule has 0 bridgehead atoms. The monoisotopic (exact) mass is 424 g/mol. The molecule has 0 aliphatic carbocycles. The van der Waals surface area contributed by atoms with E-state index in [2.05, 4.69) is 15.5 Å². The number of nitrogens with one attached hydrogen (secondary N) is 1. The van der Waals surface area contributed by atoms with Gasteiger partial charge in [-0.05, 0) is 42.7 Å². The lowest BCUT2D eigenvalue weighted by atomic mass is 10.0. The third-order valence-electron chi connectivity index (χ3n) is 5.01. The molecule has 0 saturated heterocycles. The summed E-state index contributed by atoms with van der Waals surface area (Å²) in [5.41, 5.74) is 1.38. The standard InChI is InChI=1S/C22H24N4O5/c1-4-9-26-15-11-14(7-8-16(15)30-12-18(26)27)20-24-22(31-25-20)19(13(2)3)23-21(28)17-6-5-10-29-17/h5-8,10-11,13,19H,4,9,12H2,1-3H3,(H,23,28). The third kappa shape index (κ3) is 4.16. The number of carbonyl (C=O) groups is 2. The molecule has 2 amide bonds. The molecule has 1 N–H and O–H groups in total. The Hall–Kier alpha value is -3.62. The lowest BCUT2D eigenvalue weighted by Crippen LogP contribution is -2.39. The predicted molar refractivity (Wildman–Crippen MR) is 112 cm³/mol. The molecule has 1 aliphatic heterocycles. The topological polar surface area (TPSA) is 111 Å². The van der Waals surface area contributed by atoms with Crippen LogP contribution in [0.1, 0.15) is 49.7 Å². The smallest absolute Gasteiger partial charge is 0.287 e. The molecule has 1 unspecified atom stereocenters. The van der Waals surface area contributed by atoms with Crippen LogP contribution in [0.25, 0.3) is 11.4 Å². The molecule has 9 nitrogen and oxygen atoms in total. The van der Waals surface area contributed by atoms with Crippen molar-refractivity contribution >= 4 is 17.5 Å². The van der Waals surface area contributed by atoms with Crippen molar-refractivity contribution in [1.82, 2.24) is 15.5 Å². The Bertz CT molecular complexity index is 1070. The van der Waals surface area contributed by atoms with Gasteiger partial charge in [0, 0.05) is 12.1 Å². The van der Waals surface area contributed by atoms with E-state index >= 15 is 0 Å². The first-order chi connectivity index (χ1) is 15.0. The van der Waals surface area contributed by atoms with Crippen molar-refractivity contribution in [2.45, 2.75) is 33.2 Å². The van der Waals surface area contributed by atoms with Crippen LogP contribution < -0.4 is 15.0 Å². The molecule has 0 saturated carbocycles. The summed E-state index contributed by atoms with van der Waals surface area (Å²) in [5.74, 6) is 1.07. The maximum Gasteiger partial charge on any atom is 0.287 e. The van der Waals surface area contributed by atoms with E-state index in [0.717, 1.165) is 6.42 Å². The van der Waals surface area contributed by atoms with E-state index < -0.39 is 6.04 Å². The van der Waals surface area contributed by atoms with Gasteiger partial charge in [0.05, 0.1) is 12.0 Å². The number of rotatable bonds is 7. The van der Waals surface area contributed by atoms with E-state index in [4.69, 9.17) is 13.7 Å². The van der Waals surface area contributed by atoms with Crippen molar-refractivity contribution in [3.05, 3.63) is 48.2 Å². The Balaban J connectivity index is 1.60. The number of nitrogens with zero attached hydrogens (tertiary/aromatic N) is 3. The number of aromatic nitrogens is 2. The van der Waals surface area contributed by atoms with Crippen LogP contribution in [0, 0.1) is 5.92 Å². The van der Waals surface area contributed by atoms with Crippen molar-refractivity contribution in [2.24, 2.45) is 5.92 Å². The van der Waals surface area contributed by atoms with Crippen LogP contribution in [-0.2, 0) is 4.79 Å². The summed E-state index contributed by atoms with van der Waals surface area (Å²) in [7, 11) is 0. The molecule has 0 spiro atoms. The van der Waals surface area contributed by atoms with Gasteiger partial charge in [0.1, 0.15) is 11.8 Å². The molecular weight excluding hydrogens is 400 g/mol. The molecule has 1 aliphatic rings. The Morgan fingerprint density at radius 1 is 1.29 bits per heavy atom. The van der Waals surface area contributed by atoms with Gasteiger partial charge >= 0.3 is 0 Å². The quantitative estimate of drug-likeness (QED) is 0.617. The van der Waals surface area contributed by atoms with E-state index in [0.29, 0.717) is 35.3 Å². The van der Waals surface area contributed by atoms with Crippen molar-refractivity contribution < 1.29 is 23.3 Å². The van der Waals surface area contributed by atoms with E-state index in [1.165, 1.54) is 6.26 Å². The van der Waals surface area contributed by atoms with Crippen LogP contribution in [0.2, 0.25) is 0 Å². The number of furan rings is 1. The van der Waals surface area contributed by atoms with Crippen LogP contribution in [0.5, 0.6) is 5.75 Å². The van der Waals surface area contributed by atoms with Crippen molar-refractivity contribution in [1.29, 1.82) is 0 Å². The molecule has 3 aromatic rings. The largest absolute Gasteiger partial charge is 0.482 e. The average Bonchev–Trinajstić information content (AvgIpc) is 3.46. The number of fused-ring (bicyclic) bond motifs is 1. The van der Waals surface area contributed by atoms with Crippen LogP contribution in [0.4, 0.5) is 5.69 Å². The fraction of sp³-hybridized carbons (Fsp3) is 0.364. The number of hydrogen-bond acceptors (Lipinski definition) is 7. The molecule has 162 valence electrons. The second-order valence-corrected chi connectivity index (χ2v) is 7.65. The second kappa shape index (κ2) is 8.63.